The molecule has 0 bridgehead atoms. The van der Waals surface area contributed by atoms with E-state index >= 15 is 0 Å². The highest BCUT2D eigenvalue weighted by atomic mass is 35.5. The van der Waals surface area contributed by atoms with E-state index in [1.165, 1.54) is 0 Å². The number of allylic oxidation sites excluding steroid dienone is 1. The number of rotatable bonds is 5. The maximum Gasteiger partial charge on any atom is 0.160 e. The quantitative estimate of drug-likeness (QED) is 0.351. The Hall–Kier alpha value is -0.0500. The topological polar surface area (TPSA) is 18.5 Å². The molecule has 0 atom stereocenters. The van der Waals surface area contributed by atoms with Gasteiger partial charge in [0.05, 0.1) is 0 Å². The molecule has 0 aromatic carbocycles. The summed E-state index contributed by atoms with van der Waals surface area (Å²) in [4.78, 5) is 0. The average Bonchev–Trinajstić information content (AvgIpc) is 1.99. The van der Waals surface area contributed by atoms with Gasteiger partial charge in [0.25, 0.3) is 0 Å². The van der Waals surface area contributed by atoms with Crippen LogP contribution in [0.1, 0.15) is 6.42 Å². The van der Waals surface area contributed by atoms with Gasteiger partial charge in [0.1, 0.15) is 0 Å². The van der Waals surface area contributed by atoms with Crippen molar-refractivity contribution in [2.24, 2.45) is 0 Å². The van der Waals surface area contributed by atoms with E-state index in [1.54, 1.807) is 14.2 Å². The van der Waals surface area contributed by atoms with Gasteiger partial charge in [-0.25, -0.2) is 0 Å². The van der Waals surface area contributed by atoms with Crippen molar-refractivity contribution in [2.45, 2.75) is 12.7 Å². The summed E-state index contributed by atoms with van der Waals surface area (Å²) < 4.78 is 9.86. The first kappa shape index (κ1) is 9.95. The zero-order chi connectivity index (χ0) is 7.82. The van der Waals surface area contributed by atoms with Gasteiger partial charge in [0, 0.05) is 26.5 Å². The summed E-state index contributed by atoms with van der Waals surface area (Å²) in [7, 11) is 3.23. The van der Waals surface area contributed by atoms with Gasteiger partial charge in [-0.15, -0.1) is 11.6 Å². The zero-order valence-corrected chi connectivity index (χ0v) is 7.10. The first-order valence-corrected chi connectivity index (χ1v) is 3.65. The Balaban J connectivity index is 3.34. The number of alkyl halides is 1. The van der Waals surface area contributed by atoms with E-state index in [0.29, 0.717) is 5.88 Å². The molecule has 0 aromatic heterocycles. The molecule has 60 valence electrons. The molecule has 0 aliphatic carbocycles. The third-order valence-electron chi connectivity index (χ3n) is 1.11. The van der Waals surface area contributed by atoms with Crippen LogP contribution in [0.15, 0.2) is 12.2 Å². The molecule has 2 nitrogen and oxygen atoms in total. The van der Waals surface area contributed by atoms with Crippen LogP contribution in [0.25, 0.3) is 0 Å². The van der Waals surface area contributed by atoms with Crippen LogP contribution in [-0.2, 0) is 9.47 Å². The van der Waals surface area contributed by atoms with E-state index in [4.69, 9.17) is 21.1 Å². The Morgan fingerprint density at radius 1 is 1.30 bits per heavy atom. The van der Waals surface area contributed by atoms with E-state index in [-0.39, 0.29) is 6.29 Å². The lowest BCUT2D eigenvalue weighted by Crippen LogP contribution is -2.10. The maximum absolute atomic E-state index is 5.40. The summed E-state index contributed by atoms with van der Waals surface area (Å²) >= 11 is 5.40. The van der Waals surface area contributed by atoms with Gasteiger partial charge in [-0.2, -0.15) is 0 Å². The van der Waals surface area contributed by atoms with Crippen LogP contribution < -0.4 is 0 Å². The third-order valence-corrected chi connectivity index (χ3v) is 1.29. The van der Waals surface area contributed by atoms with Crippen LogP contribution in [0.5, 0.6) is 0 Å². The molecular weight excluding hydrogens is 152 g/mol. The summed E-state index contributed by atoms with van der Waals surface area (Å²) in [6, 6.07) is 0. The van der Waals surface area contributed by atoms with E-state index < -0.39 is 0 Å². The molecule has 0 saturated heterocycles. The first-order valence-electron chi connectivity index (χ1n) is 3.11. The van der Waals surface area contributed by atoms with Crippen molar-refractivity contribution in [3.63, 3.8) is 0 Å². The zero-order valence-electron chi connectivity index (χ0n) is 6.34. The highest BCUT2D eigenvalue weighted by Gasteiger charge is 1.99. The summed E-state index contributed by atoms with van der Waals surface area (Å²) in [5.74, 6) is 0.542. The van der Waals surface area contributed by atoms with Crippen LogP contribution in [0.4, 0.5) is 0 Å². The molecular formula is C7H13ClO2. The fourth-order valence-electron chi connectivity index (χ4n) is 0.559. The second-order valence-corrected chi connectivity index (χ2v) is 2.07. The Morgan fingerprint density at radius 2 is 1.90 bits per heavy atom. The predicted octanol–water partition coefficient (Wildman–Crippen LogP) is 1.79. The van der Waals surface area contributed by atoms with E-state index in [2.05, 4.69) is 0 Å². The van der Waals surface area contributed by atoms with E-state index in [1.807, 2.05) is 12.2 Å². The minimum atomic E-state index is -0.139. The van der Waals surface area contributed by atoms with Gasteiger partial charge < -0.3 is 9.47 Å². The van der Waals surface area contributed by atoms with Gasteiger partial charge in [0.2, 0.25) is 0 Å². The van der Waals surface area contributed by atoms with Crippen LogP contribution >= 0.6 is 11.6 Å². The van der Waals surface area contributed by atoms with Crippen molar-refractivity contribution in [3.05, 3.63) is 12.2 Å². The Bertz CT molecular complexity index is 89.6. The number of ether oxygens (including phenoxy) is 2. The fourth-order valence-corrected chi connectivity index (χ4v) is 0.685. The number of halogens is 1. The molecule has 0 radical (unpaired) electrons. The molecule has 0 fully saturated rings. The fraction of sp³-hybridized carbons (Fsp3) is 0.714. The smallest absolute Gasteiger partial charge is 0.160 e. The van der Waals surface area contributed by atoms with Crippen LogP contribution in [0.3, 0.4) is 0 Å². The molecule has 0 amide bonds. The van der Waals surface area contributed by atoms with Crippen LogP contribution in [-0.4, -0.2) is 26.4 Å². The minimum absolute atomic E-state index is 0.139. The second-order valence-electron chi connectivity index (χ2n) is 1.76. The highest BCUT2D eigenvalue weighted by molar-refractivity contribution is 6.18. The molecule has 0 spiro atoms. The molecule has 3 heteroatoms. The average molecular weight is 165 g/mol. The van der Waals surface area contributed by atoms with Gasteiger partial charge in [-0.1, -0.05) is 12.2 Å². The van der Waals surface area contributed by atoms with Gasteiger partial charge >= 0.3 is 0 Å². The summed E-state index contributed by atoms with van der Waals surface area (Å²) in [5.41, 5.74) is 0. The normalized spacial score (nSPS) is 11.6. The number of methoxy groups -OCH3 is 2. The molecule has 0 aliphatic rings. The number of hydrogen-bond acceptors (Lipinski definition) is 2. The maximum atomic E-state index is 5.40. The Labute approximate surface area is 66.8 Å². The lowest BCUT2D eigenvalue weighted by Gasteiger charge is -2.09. The van der Waals surface area contributed by atoms with Gasteiger partial charge in [-0.05, 0) is 0 Å². The lowest BCUT2D eigenvalue weighted by atomic mass is 10.4. The Kier molecular flexibility index (Phi) is 7.03. The molecule has 0 saturated carbocycles. The number of hydrogen-bond donors (Lipinski definition) is 0. The molecule has 0 unspecified atom stereocenters. The van der Waals surface area contributed by atoms with Crippen molar-refractivity contribution in [3.8, 4) is 0 Å². The second kappa shape index (κ2) is 7.06. The first-order chi connectivity index (χ1) is 4.85. The van der Waals surface area contributed by atoms with Crippen molar-refractivity contribution in [1.82, 2.24) is 0 Å². The van der Waals surface area contributed by atoms with E-state index in [0.717, 1.165) is 6.42 Å². The van der Waals surface area contributed by atoms with Crippen molar-refractivity contribution in [1.29, 1.82) is 0 Å². The molecule has 0 rings (SSSR count). The molecule has 10 heavy (non-hydrogen) atoms. The van der Waals surface area contributed by atoms with Crippen molar-refractivity contribution in [2.75, 3.05) is 20.1 Å². The highest BCUT2D eigenvalue weighted by Crippen LogP contribution is 1.98. The summed E-state index contributed by atoms with van der Waals surface area (Å²) in [6.45, 7) is 0. The molecule has 0 N–H and O–H groups in total. The third kappa shape index (κ3) is 4.79. The van der Waals surface area contributed by atoms with Crippen LogP contribution in [0, 0.1) is 0 Å². The van der Waals surface area contributed by atoms with Gasteiger partial charge in [-0.3, -0.25) is 0 Å². The molecule has 0 aromatic rings. The van der Waals surface area contributed by atoms with Gasteiger partial charge in [0.15, 0.2) is 6.29 Å². The predicted molar refractivity (Wildman–Crippen MR) is 42.3 cm³/mol. The van der Waals surface area contributed by atoms with E-state index in [9.17, 15) is 0 Å². The largest absolute Gasteiger partial charge is 0.356 e. The standard InChI is InChI=1S/C7H13ClO2/c1-9-7(10-2)5-3-4-6-8/h3-4,7H,5-6H2,1-2H3/b4-3-. The minimum Gasteiger partial charge on any atom is -0.356 e. The summed E-state index contributed by atoms with van der Waals surface area (Å²) in [6.07, 6.45) is 4.41. The molecule has 0 aliphatic heterocycles. The van der Waals surface area contributed by atoms with Crippen LogP contribution in [0.2, 0.25) is 0 Å². The van der Waals surface area contributed by atoms with Crippen molar-refractivity contribution >= 4 is 11.6 Å². The lowest BCUT2D eigenvalue weighted by molar-refractivity contribution is -0.0986. The van der Waals surface area contributed by atoms with Crippen molar-refractivity contribution < 1.29 is 9.47 Å². The molecule has 0 heterocycles. The monoisotopic (exact) mass is 164 g/mol. The Morgan fingerprint density at radius 3 is 2.30 bits per heavy atom. The SMILES string of the molecule is COC(C/C=C\CCl)OC. The summed E-state index contributed by atoms with van der Waals surface area (Å²) in [5, 5.41) is 0.